The van der Waals surface area contributed by atoms with Crippen LogP contribution in [0.5, 0.6) is 0 Å². The summed E-state index contributed by atoms with van der Waals surface area (Å²) in [5, 5.41) is 12.6. The van der Waals surface area contributed by atoms with Crippen molar-refractivity contribution in [3.63, 3.8) is 0 Å². The molecule has 0 heteroatoms. The third kappa shape index (κ3) is 5.30. The molecule has 0 saturated carbocycles. The summed E-state index contributed by atoms with van der Waals surface area (Å²) in [7, 11) is 0. The molecule has 11 aromatic rings. The van der Waals surface area contributed by atoms with Crippen molar-refractivity contribution in [2.75, 3.05) is 0 Å². The lowest BCUT2D eigenvalue weighted by Gasteiger charge is -2.20. The summed E-state index contributed by atoms with van der Waals surface area (Å²) in [6, 6.07) is 80.3. The molecule has 0 amide bonds. The fourth-order valence-electron chi connectivity index (χ4n) is 9.02. The minimum atomic E-state index is 1.21. The maximum absolute atomic E-state index is 2.39. The number of benzene rings is 11. The highest BCUT2D eigenvalue weighted by Crippen LogP contribution is 2.47. The van der Waals surface area contributed by atoms with Crippen LogP contribution in [0.3, 0.4) is 0 Å². The second-order valence-corrected chi connectivity index (χ2v) is 14.8. The minimum absolute atomic E-state index is 1.21. The zero-order valence-corrected chi connectivity index (χ0v) is 30.8. The van der Waals surface area contributed by atoms with Gasteiger partial charge in [-0.3, -0.25) is 0 Å². The summed E-state index contributed by atoms with van der Waals surface area (Å²) < 4.78 is 0. The molecule has 260 valence electrons. The fourth-order valence-corrected chi connectivity index (χ4v) is 9.02. The molecule has 56 heavy (non-hydrogen) atoms. The predicted molar refractivity (Wildman–Crippen MR) is 241 cm³/mol. The molecule has 0 aliphatic rings. The molecular weight excluding hydrogens is 673 g/mol. The van der Waals surface area contributed by atoms with Crippen LogP contribution in [0.4, 0.5) is 0 Å². The maximum atomic E-state index is 2.39. The Morgan fingerprint density at radius 2 is 0.625 bits per heavy atom. The van der Waals surface area contributed by atoms with E-state index in [2.05, 4.69) is 218 Å². The summed E-state index contributed by atoms with van der Waals surface area (Å²) in [5.74, 6) is 0. The zero-order valence-electron chi connectivity index (χ0n) is 30.8. The highest BCUT2D eigenvalue weighted by atomic mass is 14.2. The van der Waals surface area contributed by atoms with E-state index in [1.807, 2.05) is 0 Å². The Kier molecular flexibility index (Phi) is 7.60. The Morgan fingerprint density at radius 1 is 0.179 bits per heavy atom. The second kappa shape index (κ2) is 13.2. The molecule has 11 rings (SSSR count). The van der Waals surface area contributed by atoms with Gasteiger partial charge >= 0.3 is 0 Å². The van der Waals surface area contributed by atoms with Crippen molar-refractivity contribution < 1.29 is 0 Å². The number of fused-ring (bicyclic) bond motifs is 5. The molecule has 0 radical (unpaired) electrons. The molecular formula is C56H36. The molecule has 0 bridgehead atoms. The highest BCUT2D eigenvalue weighted by molar-refractivity contribution is 6.24. The van der Waals surface area contributed by atoms with Gasteiger partial charge in [-0.05, 0) is 122 Å². The van der Waals surface area contributed by atoms with Crippen LogP contribution in [0.15, 0.2) is 218 Å². The summed E-state index contributed by atoms with van der Waals surface area (Å²) in [5.41, 5.74) is 12.5. The van der Waals surface area contributed by atoms with Crippen LogP contribution in [0.25, 0.3) is 109 Å². The minimum Gasteiger partial charge on any atom is -0.0622 e. The molecule has 0 atom stereocenters. The van der Waals surface area contributed by atoms with Crippen molar-refractivity contribution in [2.45, 2.75) is 0 Å². The molecule has 0 aliphatic carbocycles. The summed E-state index contributed by atoms with van der Waals surface area (Å²) >= 11 is 0. The van der Waals surface area contributed by atoms with Gasteiger partial charge in [-0.25, -0.2) is 0 Å². The predicted octanol–water partition coefficient (Wildman–Crippen LogP) is 15.8. The van der Waals surface area contributed by atoms with E-state index >= 15 is 0 Å². The van der Waals surface area contributed by atoms with Gasteiger partial charge in [0.2, 0.25) is 0 Å². The topological polar surface area (TPSA) is 0 Å². The smallest absolute Gasteiger partial charge is 0.00201 e. The van der Waals surface area contributed by atoms with Crippen LogP contribution in [-0.2, 0) is 0 Å². The van der Waals surface area contributed by atoms with Gasteiger partial charge < -0.3 is 0 Å². The van der Waals surface area contributed by atoms with E-state index < -0.39 is 0 Å². The van der Waals surface area contributed by atoms with Crippen LogP contribution in [0, 0.1) is 0 Å². The molecule has 0 spiro atoms. The molecule has 0 fully saturated rings. The van der Waals surface area contributed by atoms with Gasteiger partial charge in [0.15, 0.2) is 0 Å². The van der Waals surface area contributed by atoms with E-state index in [9.17, 15) is 0 Å². The maximum Gasteiger partial charge on any atom is -0.00201 e. The fraction of sp³-hybridized carbons (Fsp3) is 0. The van der Waals surface area contributed by atoms with E-state index in [1.165, 1.54) is 109 Å². The van der Waals surface area contributed by atoms with Crippen LogP contribution in [0.1, 0.15) is 0 Å². The Labute approximate surface area is 326 Å². The van der Waals surface area contributed by atoms with Crippen molar-refractivity contribution in [1.82, 2.24) is 0 Å². The zero-order chi connectivity index (χ0) is 37.0. The van der Waals surface area contributed by atoms with Crippen molar-refractivity contribution >= 4 is 53.9 Å². The lowest BCUT2D eigenvalue weighted by Crippen LogP contribution is -1.92. The Morgan fingerprint density at radius 3 is 1.32 bits per heavy atom. The van der Waals surface area contributed by atoms with E-state index in [4.69, 9.17) is 0 Å². The third-order valence-electron chi connectivity index (χ3n) is 11.7. The van der Waals surface area contributed by atoms with Crippen molar-refractivity contribution in [1.29, 1.82) is 0 Å². The molecule has 0 saturated heterocycles. The number of rotatable bonds is 5. The van der Waals surface area contributed by atoms with Crippen LogP contribution >= 0.6 is 0 Å². The lowest BCUT2D eigenvalue weighted by atomic mass is 9.83. The molecule has 0 N–H and O–H groups in total. The van der Waals surface area contributed by atoms with Gasteiger partial charge in [-0.15, -0.1) is 0 Å². The normalized spacial score (nSPS) is 11.6. The Hall–Kier alpha value is -7.28. The van der Waals surface area contributed by atoms with Crippen molar-refractivity contribution in [3.05, 3.63) is 218 Å². The van der Waals surface area contributed by atoms with Gasteiger partial charge in [-0.2, -0.15) is 0 Å². The third-order valence-corrected chi connectivity index (χ3v) is 11.7. The van der Waals surface area contributed by atoms with E-state index in [1.54, 1.807) is 0 Å². The molecule has 11 aromatic carbocycles. The van der Waals surface area contributed by atoms with E-state index in [0.29, 0.717) is 0 Å². The molecule has 0 aromatic heterocycles. The largest absolute Gasteiger partial charge is 0.0622 e. The first-order valence-electron chi connectivity index (χ1n) is 19.4. The van der Waals surface area contributed by atoms with Crippen molar-refractivity contribution in [2.24, 2.45) is 0 Å². The molecule has 0 heterocycles. The first-order chi connectivity index (χ1) is 27.8. The van der Waals surface area contributed by atoms with E-state index in [-0.39, 0.29) is 0 Å². The van der Waals surface area contributed by atoms with Gasteiger partial charge in [-0.1, -0.05) is 206 Å². The first-order valence-corrected chi connectivity index (χ1v) is 19.4. The average molecular weight is 709 g/mol. The Balaban J connectivity index is 1.05. The lowest BCUT2D eigenvalue weighted by molar-refractivity contribution is 1.62. The Bertz CT molecular complexity index is 3220. The average Bonchev–Trinajstić information content (AvgIpc) is 3.27. The molecule has 0 nitrogen and oxygen atoms in total. The van der Waals surface area contributed by atoms with Crippen molar-refractivity contribution in [3.8, 4) is 55.6 Å². The summed E-state index contributed by atoms with van der Waals surface area (Å²) in [4.78, 5) is 0. The summed E-state index contributed by atoms with van der Waals surface area (Å²) in [6.07, 6.45) is 0. The van der Waals surface area contributed by atoms with Crippen LogP contribution in [-0.4, -0.2) is 0 Å². The first kappa shape index (κ1) is 32.2. The standard InChI is InChI=1S/C56H36/c1-2-13-39(14-3-1)47-33-34-54(49-19-7-6-18-48(47)49)56-52-22-10-8-20-50(52)55(51-21-9-11-23-53(51)56)43-32-28-38-27-31-42(35-44(38)36-43)37-25-29-41(30-26-37)46-24-12-16-40-15-4-5-17-45(40)46/h1-36H. The summed E-state index contributed by atoms with van der Waals surface area (Å²) in [6.45, 7) is 0. The number of hydrogen-bond donors (Lipinski definition) is 0. The van der Waals surface area contributed by atoms with Crippen LogP contribution in [0.2, 0.25) is 0 Å². The van der Waals surface area contributed by atoms with Crippen LogP contribution < -0.4 is 0 Å². The monoisotopic (exact) mass is 708 g/mol. The van der Waals surface area contributed by atoms with Gasteiger partial charge in [0.05, 0.1) is 0 Å². The number of hydrogen-bond acceptors (Lipinski definition) is 0. The second-order valence-electron chi connectivity index (χ2n) is 14.8. The van der Waals surface area contributed by atoms with Gasteiger partial charge in [0.25, 0.3) is 0 Å². The van der Waals surface area contributed by atoms with Gasteiger partial charge in [0.1, 0.15) is 0 Å². The van der Waals surface area contributed by atoms with E-state index in [0.717, 1.165) is 0 Å². The molecule has 0 unspecified atom stereocenters. The van der Waals surface area contributed by atoms with Gasteiger partial charge in [0, 0.05) is 0 Å². The highest BCUT2D eigenvalue weighted by Gasteiger charge is 2.19. The SMILES string of the molecule is c1ccc(-c2ccc(-c3c4ccccc4c(-c4ccc5ccc(-c6ccc(-c7cccc8ccccc78)cc6)cc5c4)c4ccccc34)c3ccccc23)cc1. The quantitative estimate of drug-likeness (QED) is 0.156. The molecule has 0 aliphatic heterocycles.